The molecule has 1 atom stereocenters. The number of rotatable bonds is 2. The number of nitrogens with two attached hydrogens (primary N) is 1. The Bertz CT molecular complexity index is 222. The van der Waals surface area contributed by atoms with Crippen molar-refractivity contribution in [2.75, 3.05) is 6.54 Å². The molecule has 0 aromatic carbocycles. The zero-order valence-electron chi connectivity index (χ0n) is 5.45. The molecule has 0 saturated heterocycles. The summed E-state index contributed by atoms with van der Waals surface area (Å²) in [4.78, 5) is 0. The van der Waals surface area contributed by atoms with Crippen LogP contribution in [0.2, 0.25) is 0 Å². The van der Waals surface area contributed by atoms with Crippen LogP contribution in [0.3, 0.4) is 0 Å². The maximum absolute atomic E-state index is 8.51. The first-order chi connectivity index (χ1) is 4.88. The number of nitrogens with zero attached hydrogens (tertiary/aromatic N) is 1. The van der Waals surface area contributed by atoms with Crippen molar-refractivity contribution in [3.8, 4) is 6.07 Å². The second-order valence-electron chi connectivity index (χ2n) is 1.93. The Kier molecular flexibility index (Phi) is 2.08. The molecular formula is C7H8N2O. The van der Waals surface area contributed by atoms with Gasteiger partial charge in [0.25, 0.3) is 0 Å². The van der Waals surface area contributed by atoms with Crippen LogP contribution < -0.4 is 5.73 Å². The molecule has 1 heterocycles. The summed E-state index contributed by atoms with van der Waals surface area (Å²) in [6.45, 7) is 0.310. The molecule has 1 aromatic heterocycles. The SMILES string of the molecule is N#CC(CN)c1ccco1. The van der Waals surface area contributed by atoms with E-state index in [1.54, 1.807) is 12.1 Å². The third-order valence-corrected chi connectivity index (χ3v) is 1.28. The minimum Gasteiger partial charge on any atom is -0.468 e. The zero-order valence-corrected chi connectivity index (χ0v) is 5.45. The first kappa shape index (κ1) is 6.84. The fraction of sp³-hybridized carbons (Fsp3) is 0.286. The summed E-state index contributed by atoms with van der Waals surface area (Å²) in [6, 6.07) is 5.53. The molecular weight excluding hydrogens is 128 g/mol. The van der Waals surface area contributed by atoms with Gasteiger partial charge in [-0.1, -0.05) is 0 Å². The highest BCUT2D eigenvalue weighted by molar-refractivity contribution is 5.13. The predicted molar refractivity (Wildman–Crippen MR) is 36.1 cm³/mol. The van der Waals surface area contributed by atoms with Gasteiger partial charge in [0.15, 0.2) is 0 Å². The molecule has 2 N–H and O–H groups in total. The summed E-state index contributed by atoms with van der Waals surface area (Å²) < 4.78 is 4.97. The lowest BCUT2D eigenvalue weighted by Crippen LogP contribution is -2.09. The van der Waals surface area contributed by atoms with Crippen LogP contribution in [-0.2, 0) is 0 Å². The minimum atomic E-state index is -0.296. The van der Waals surface area contributed by atoms with Crippen LogP contribution in [0, 0.1) is 11.3 Å². The van der Waals surface area contributed by atoms with Crippen molar-refractivity contribution >= 4 is 0 Å². The number of nitriles is 1. The number of furan rings is 1. The van der Waals surface area contributed by atoms with Gasteiger partial charge in [0.05, 0.1) is 12.3 Å². The highest BCUT2D eigenvalue weighted by Crippen LogP contribution is 2.12. The summed E-state index contributed by atoms with van der Waals surface area (Å²) in [6.07, 6.45) is 1.54. The van der Waals surface area contributed by atoms with Gasteiger partial charge in [-0.2, -0.15) is 5.26 Å². The standard InChI is InChI=1S/C7H8N2O/c8-4-6(5-9)7-2-1-3-10-7/h1-3,6H,4,8H2. The largest absolute Gasteiger partial charge is 0.468 e. The fourth-order valence-electron chi connectivity index (χ4n) is 0.722. The third kappa shape index (κ3) is 1.17. The van der Waals surface area contributed by atoms with E-state index in [2.05, 4.69) is 0 Å². The average Bonchev–Trinajstić information content (AvgIpc) is 2.43. The molecule has 3 heteroatoms. The summed E-state index contributed by atoms with van der Waals surface area (Å²) in [5, 5.41) is 8.51. The topological polar surface area (TPSA) is 63.0 Å². The van der Waals surface area contributed by atoms with Crippen molar-refractivity contribution in [1.82, 2.24) is 0 Å². The van der Waals surface area contributed by atoms with Crippen LogP contribution in [0.1, 0.15) is 11.7 Å². The average molecular weight is 136 g/mol. The van der Waals surface area contributed by atoms with Gasteiger partial charge in [0.1, 0.15) is 11.7 Å². The highest BCUT2D eigenvalue weighted by Gasteiger charge is 2.09. The second-order valence-corrected chi connectivity index (χ2v) is 1.93. The maximum Gasteiger partial charge on any atom is 0.122 e. The summed E-state index contributed by atoms with van der Waals surface area (Å²) in [5.41, 5.74) is 5.29. The monoisotopic (exact) mass is 136 g/mol. The first-order valence-corrected chi connectivity index (χ1v) is 3.01. The van der Waals surface area contributed by atoms with Gasteiger partial charge in [-0.25, -0.2) is 0 Å². The molecule has 0 bridgehead atoms. The van der Waals surface area contributed by atoms with E-state index in [4.69, 9.17) is 15.4 Å². The quantitative estimate of drug-likeness (QED) is 0.655. The number of hydrogen-bond donors (Lipinski definition) is 1. The van der Waals surface area contributed by atoms with E-state index in [9.17, 15) is 0 Å². The van der Waals surface area contributed by atoms with Crippen LogP contribution in [0.5, 0.6) is 0 Å². The predicted octanol–water partition coefficient (Wildman–Crippen LogP) is 0.845. The molecule has 52 valence electrons. The lowest BCUT2D eigenvalue weighted by molar-refractivity contribution is 0.495. The molecule has 0 aliphatic carbocycles. The Labute approximate surface area is 59.1 Å². The van der Waals surface area contributed by atoms with E-state index in [0.29, 0.717) is 12.3 Å². The van der Waals surface area contributed by atoms with Crippen LogP contribution in [0.15, 0.2) is 22.8 Å². The van der Waals surface area contributed by atoms with E-state index >= 15 is 0 Å². The fourth-order valence-corrected chi connectivity index (χ4v) is 0.722. The van der Waals surface area contributed by atoms with E-state index in [1.807, 2.05) is 6.07 Å². The summed E-state index contributed by atoms with van der Waals surface area (Å²) in [5.74, 6) is 0.347. The zero-order chi connectivity index (χ0) is 7.40. The third-order valence-electron chi connectivity index (χ3n) is 1.28. The van der Waals surface area contributed by atoms with Crippen molar-refractivity contribution < 1.29 is 4.42 Å². The summed E-state index contributed by atoms with van der Waals surface area (Å²) >= 11 is 0. The van der Waals surface area contributed by atoms with Gasteiger partial charge < -0.3 is 10.2 Å². The Morgan fingerprint density at radius 2 is 2.60 bits per heavy atom. The van der Waals surface area contributed by atoms with Crippen molar-refractivity contribution in [1.29, 1.82) is 5.26 Å². The van der Waals surface area contributed by atoms with Gasteiger partial charge >= 0.3 is 0 Å². The van der Waals surface area contributed by atoms with Crippen molar-refractivity contribution in [3.63, 3.8) is 0 Å². The van der Waals surface area contributed by atoms with Gasteiger partial charge in [-0.15, -0.1) is 0 Å². The lowest BCUT2D eigenvalue weighted by Gasteiger charge is -1.98. The van der Waals surface area contributed by atoms with Crippen molar-refractivity contribution in [2.24, 2.45) is 5.73 Å². The minimum absolute atomic E-state index is 0.296. The van der Waals surface area contributed by atoms with Gasteiger partial charge in [-0.3, -0.25) is 0 Å². The molecule has 3 nitrogen and oxygen atoms in total. The van der Waals surface area contributed by atoms with Gasteiger partial charge in [-0.05, 0) is 12.1 Å². The van der Waals surface area contributed by atoms with E-state index in [1.165, 1.54) is 6.26 Å². The molecule has 0 aliphatic rings. The molecule has 0 radical (unpaired) electrons. The molecule has 10 heavy (non-hydrogen) atoms. The molecule has 0 saturated carbocycles. The van der Waals surface area contributed by atoms with E-state index in [-0.39, 0.29) is 5.92 Å². The smallest absolute Gasteiger partial charge is 0.122 e. The molecule has 1 unspecified atom stereocenters. The van der Waals surface area contributed by atoms with Crippen LogP contribution in [0.4, 0.5) is 0 Å². The lowest BCUT2D eigenvalue weighted by atomic mass is 10.1. The van der Waals surface area contributed by atoms with Crippen LogP contribution in [0.25, 0.3) is 0 Å². The van der Waals surface area contributed by atoms with Crippen LogP contribution in [-0.4, -0.2) is 6.54 Å². The summed E-state index contributed by atoms with van der Waals surface area (Å²) in [7, 11) is 0. The molecule has 0 amide bonds. The van der Waals surface area contributed by atoms with E-state index < -0.39 is 0 Å². The Hall–Kier alpha value is -1.27. The van der Waals surface area contributed by atoms with Crippen molar-refractivity contribution in [3.05, 3.63) is 24.2 Å². The van der Waals surface area contributed by atoms with Crippen molar-refractivity contribution in [2.45, 2.75) is 5.92 Å². The maximum atomic E-state index is 8.51. The molecule has 0 fully saturated rings. The van der Waals surface area contributed by atoms with Crippen LogP contribution >= 0.6 is 0 Å². The molecule has 0 spiro atoms. The number of hydrogen-bond acceptors (Lipinski definition) is 3. The first-order valence-electron chi connectivity index (χ1n) is 3.01. The second kappa shape index (κ2) is 3.04. The van der Waals surface area contributed by atoms with Gasteiger partial charge in [0.2, 0.25) is 0 Å². The van der Waals surface area contributed by atoms with Gasteiger partial charge in [0, 0.05) is 6.54 Å². The Morgan fingerprint density at radius 1 is 1.80 bits per heavy atom. The molecule has 0 aliphatic heterocycles. The molecule has 1 aromatic rings. The Morgan fingerprint density at radius 3 is 3.00 bits per heavy atom. The Balaban J connectivity index is 2.76. The highest BCUT2D eigenvalue weighted by atomic mass is 16.3. The normalized spacial score (nSPS) is 12.4. The molecule has 1 rings (SSSR count). The van der Waals surface area contributed by atoms with E-state index in [0.717, 1.165) is 0 Å².